The van der Waals surface area contributed by atoms with Crippen molar-refractivity contribution in [2.75, 3.05) is 27.4 Å². The lowest BCUT2D eigenvalue weighted by Gasteiger charge is -2.25. The molecule has 0 saturated carbocycles. The number of aliphatic hydroxyl groups is 2. The number of aromatic hydroxyl groups is 2. The second-order valence-electron chi connectivity index (χ2n) is 6.57. The van der Waals surface area contributed by atoms with E-state index >= 15 is 0 Å². The van der Waals surface area contributed by atoms with E-state index in [4.69, 9.17) is 14.2 Å². The highest BCUT2D eigenvalue weighted by atomic mass is 16.5. The predicted molar refractivity (Wildman–Crippen MR) is 97.0 cm³/mol. The molecule has 146 valence electrons. The number of phenolic OH excluding ortho intramolecular Hbond substituents is 2. The highest BCUT2D eigenvalue weighted by Gasteiger charge is 2.42. The van der Waals surface area contributed by atoms with Crippen LogP contribution >= 0.6 is 0 Å². The Bertz CT molecular complexity index is 792. The first-order valence-corrected chi connectivity index (χ1v) is 8.64. The third-order valence-electron chi connectivity index (χ3n) is 5.10. The van der Waals surface area contributed by atoms with Gasteiger partial charge in [0.05, 0.1) is 33.0 Å². The summed E-state index contributed by atoms with van der Waals surface area (Å²) in [4.78, 5) is 0. The smallest absolute Gasteiger partial charge is 0.160 e. The van der Waals surface area contributed by atoms with Gasteiger partial charge in [-0.2, -0.15) is 0 Å². The normalized spacial score (nSPS) is 23.2. The molecule has 1 saturated heterocycles. The molecule has 1 fully saturated rings. The summed E-state index contributed by atoms with van der Waals surface area (Å²) in [5.74, 6) is -0.106. The standard InChI is InChI=1S/C20H24O7/c1-25-17-7-11(3-5-15(17)22)19(24)14-10-27-20(13(14)9-21)12-4-6-16(23)18(8-12)26-2/h3-8,13-14,19-24H,9-10H2,1-2H3/t13-,14-,19+,20+/m0/s1. The van der Waals surface area contributed by atoms with E-state index in [1.165, 1.54) is 26.4 Å². The molecular formula is C20H24O7. The Morgan fingerprint density at radius 1 is 1.04 bits per heavy atom. The highest BCUT2D eigenvalue weighted by Crippen LogP contribution is 2.45. The first-order valence-electron chi connectivity index (χ1n) is 8.64. The lowest BCUT2D eigenvalue weighted by Crippen LogP contribution is -2.25. The molecule has 4 atom stereocenters. The van der Waals surface area contributed by atoms with Crippen molar-refractivity contribution < 1.29 is 34.6 Å². The van der Waals surface area contributed by atoms with Crippen LogP contribution in [0.4, 0.5) is 0 Å². The molecule has 2 aromatic carbocycles. The van der Waals surface area contributed by atoms with Crippen LogP contribution in [0.15, 0.2) is 36.4 Å². The third-order valence-corrected chi connectivity index (χ3v) is 5.10. The Hall–Kier alpha value is -2.48. The van der Waals surface area contributed by atoms with E-state index in [1.807, 2.05) is 0 Å². The molecular weight excluding hydrogens is 352 g/mol. The molecule has 0 aromatic heterocycles. The molecule has 0 unspecified atom stereocenters. The van der Waals surface area contributed by atoms with Gasteiger partial charge in [0.2, 0.25) is 0 Å². The highest BCUT2D eigenvalue weighted by molar-refractivity contribution is 5.44. The summed E-state index contributed by atoms with van der Waals surface area (Å²) >= 11 is 0. The van der Waals surface area contributed by atoms with Crippen LogP contribution in [0.25, 0.3) is 0 Å². The lowest BCUT2D eigenvalue weighted by atomic mass is 9.82. The molecule has 7 nitrogen and oxygen atoms in total. The first kappa shape index (κ1) is 19.3. The van der Waals surface area contributed by atoms with Gasteiger partial charge in [-0.1, -0.05) is 12.1 Å². The third kappa shape index (κ3) is 3.66. The lowest BCUT2D eigenvalue weighted by molar-refractivity contribution is 0.0632. The van der Waals surface area contributed by atoms with Crippen molar-refractivity contribution in [1.82, 2.24) is 0 Å². The van der Waals surface area contributed by atoms with Crippen molar-refractivity contribution in [3.63, 3.8) is 0 Å². The Morgan fingerprint density at radius 2 is 1.67 bits per heavy atom. The number of benzene rings is 2. The minimum atomic E-state index is -0.902. The minimum Gasteiger partial charge on any atom is -0.504 e. The van der Waals surface area contributed by atoms with Crippen LogP contribution in [0.2, 0.25) is 0 Å². The van der Waals surface area contributed by atoms with Gasteiger partial charge in [0.15, 0.2) is 23.0 Å². The fraction of sp³-hybridized carbons (Fsp3) is 0.400. The zero-order valence-corrected chi connectivity index (χ0v) is 15.2. The topological polar surface area (TPSA) is 109 Å². The Kier molecular flexibility index (Phi) is 5.74. The maximum atomic E-state index is 10.8. The number of methoxy groups -OCH3 is 2. The molecule has 4 N–H and O–H groups in total. The molecule has 0 bridgehead atoms. The summed E-state index contributed by atoms with van der Waals surface area (Å²) in [6.45, 7) is 0.0776. The summed E-state index contributed by atoms with van der Waals surface area (Å²) in [7, 11) is 2.90. The molecule has 7 heteroatoms. The molecule has 2 aromatic rings. The number of hydrogen-bond donors (Lipinski definition) is 4. The van der Waals surface area contributed by atoms with Crippen molar-refractivity contribution in [2.24, 2.45) is 11.8 Å². The van der Waals surface area contributed by atoms with Gasteiger partial charge in [0.1, 0.15) is 0 Å². The molecule has 0 radical (unpaired) electrons. The quantitative estimate of drug-likeness (QED) is 0.612. The average molecular weight is 376 g/mol. The summed E-state index contributed by atoms with van der Waals surface area (Å²) in [6, 6.07) is 9.55. The van der Waals surface area contributed by atoms with Crippen LogP contribution in [0.5, 0.6) is 23.0 Å². The summed E-state index contributed by atoms with van der Waals surface area (Å²) in [5.41, 5.74) is 1.32. The largest absolute Gasteiger partial charge is 0.504 e. The van der Waals surface area contributed by atoms with Crippen molar-refractivity contribution in [1.29, 1.82) is 0 Å². The van der Waals surface area contributed by atoms with Crippen LogP contribution < -0.4 is 9.47 Å². The summed E-state index contributed by atoms with van der Waals surface area (Å²) in [5, 5.41) is 40.3. The molecule has 0 spiro atoms. The van der Waals surface area contributed by atoms with Gasteiger partial charge >= 0.3 is 0 Å². The van der Waals surface area contributed by atoms with Gasteiger partial charge < -0.3 is 34.6 Å². The predicted octanol–water partition coefficient (Wildman–Crippen LogP) is 2.14. The first-order chi connectivity index (χ1) is 13.0. The van der Waals surface area contributed by atoms with Crippen LogP contribution in [-0.4, -0.2) is 47.9 Å². The summed E-state index contributed by atoms with van der Waals surface area (Å²) in [6.07, 6.45) is -1.34. The maximum Gasteiger partial charge on any atom is 0.160 e. The fourth-order valence-corrected chi connectivity index (χ4v) is 3.58. The number of hydrogen-bond acceptors (Lipinski definition) is 7. The van der Waals surface area contributed by atoms with E-state index in [-0.39, 0.29) is 42.3 Å². The van der Waals surface area contributed by atoms with E-state index in [0.717, 1.165) is 5.56 Å². The van der Waals surface area contributed by atoms with Gasteiger partial charge in [-0.3, -0.25) is 0 Å². The zero-order valence-electron chi connectivity index (χ0n) is 15.2. The minimum absolute atomic E-state index is 0.0103. The molecule has 0 amide bonds. The monoisotopic (exact) mass is 376 g/mol. The molecule has 1 aliphatic rings. The Labute approximate surface area is 157 Å². The van der Waals surface area contributed by atoms with E-state index in [2.05, 4.69) is 0 Å². The second-order valence-corrected chi connectivity index (χ2v) is 6.57. The maximum absolute atomic E-state index is 10.8. The second kappa shape index (κ2) is 8.04. The Morgan fingerprint density at radius 3 is 2.30 bits per heavy atom. The van der Waals surface area contributed by atoms with E-state index in [1.54, 1.807) is 24.3 Å². The fourth-order valence-electron chi connectivity index (χ4n) is 3.58. The molecule has 27 heavy (non-hydrogen) atoms. The number of ether oxygens (including phenoxy) is 3. The van der Waals surface area contributed by atoms with Gasteiger partial charge in [0, 0.05) is 18.4 Å². The molecule has 1 heterocycles. The van der Waals surface area contributed by atoms with Gasteiger partial charge in [-0.25, -0.2) is 0 Å². The van der Waals surface area contributed by atoms with E-state index in [0.29, 0.717) is 11.3 Å². The zero-order chi connectivity index (χ0) is 19.6. The van der Waals surface area contributed by atoms with Crippen LogP contribution in [0, 0.1) is 11.8 Å². The SMILES string of the molecule is COc1cc([C@@H](O)[C@H]2CO[C@H](c3ccc(O)c(OC)c3)[C@H]2CO)ccc1O. The summed E-state index contributed by atoms with van der Waals surface area (Å²) < 4.78 is 16.1. The van der Waals surface area contributed by atoms with Crippen LogP contribution in [-0.2, 0) is 4.74 Å². The van der Waals surface area contributed by atoms with Gasteiger partial charge in [-0.05, 0) is 35.4 Å². The molecule has 1 aliphatic heterocycles. The van der Waals surface area contributed by atoms with Crippen molar-refractivity contribution >= 4 is 0 Å². The van der Waals surface area contributed by atoms with Crippen molar-refractivity contribution in [2.45, 2.75) is 12.2 Å². The molecule has 3 rings (SSSR count). The van der Waals surface area contributed by atoms with Crippen molar-refractivity contribution in [3.8, 4) is 23.0 Å². The number of phenols is 2. The van der Waals surface area contributed by atoms with Crippen LogP contribution in [0.3, 0.4) is 0 Å². The van der Waals surface area contributed by atoms with Gasteiger partial charge in [-0.15, -0.1) is 0 Å². The molecule has 0 aliphatic carbocycles. The number of rotatable bonds is 6. The number of aliphatic hydroxyl groups excluding tert-OH is 2. The van der Waals surface area contributed by atoms with Gasteiger partial charge in [0.25, 0.3) is 0 Å². The van der Waals surface area contributed by atoms with Crippen molar-refractivity contribution in [3.05, 3.63) is 47.5 Å². The van der Waals surface area contributed by atoms with E-state index in [9.17, 15) is 20.4 Å². The van der Waals surface area contributed by atoms with E-state index < -0.39 is 12.2 Å². The Balaban J connectivity index is 1.86. The van der Waals surface area contributed by atoms with Crippen LogP contribution in [0.1, 0.15) is 23.3 Å². The average Bonchev–Trinajstić information content (AvgIpc) is 3.12.